The van der Waals surface area contributed by atoms with E-state index in [4.69, 9.17) is 0 Å². The Balaban J connectivity index is 1.90. The Hall–Kier alpha value is -2.01. The third-order valence-electron chi connectivity index (χ3n) is 3.31. The first-order valence-corrected chi connectivity index (χ1v) is 7.24. The maximum Gasteiger partial charge on any atom is 0.138 e. The Bertz CT molecular complexity index is 754. The lowest BCUT2D eigenvalue weighted by Crippen LogP contribution is -2.08. The van der Waals surface area contributed by atoms with Crippen LogP contribution in [-0.4, -0.2) is 9.97 Å². The zero-order valence-corrected chi connectivity index (χ0v) is 12.0. The van der Waals surface area contributed by atoms with Gasteiger partial charge in [-0.25, -0.2) is 14.4 Å². The number of aryl methyl sites for hydroxylation is 1. The van der Waals surface area contributed by atoms with Crippen LogP contribution in [0.25, 0.3) is 10.2 Å². The molecule has 0 aliphatic rings. The third-order valence-corrected chi connectivity index (χ3v) is 4.13. The van der Waals surface area contributed by atoms with Crippen molar-refractivity contribution in [1.82, 2.24) is 9.97 Å². The van der Waals surface area contributed by atoms with Crippen LogP contribution in [-0.2, 0) is 0 Å². The zero-order valence-electron chi connectivity index (χ0n) is 11.2. The summed E-state index contributed by atoms with van der Waals surface area (Å²) in [5.41, 5.74) is 1.55. The van der Waals surface area contributed by atoms with E-state index in [0.717, 1.165) is 21.6 Å². The van der Waals surface area contributed by atoms with Gasteiger partial charge in [-0.1, -0.05) is 12.1 Å². The number of halogens is 1. The normalized spacial score (nSPS) is 12.6. The molecule has 3 nitrogen and oxygen atoms in total. The van der Waals surface area contributed by atoms with E-state index in [1.165, 1.54) is 0 Å². The Morgan fingerprint density at radius 3 is 2.90 bits per heavy atom. The lowest BCUT2D eigenvalue weighted by atomic mass is 10.1. The highest BCUT2D eigenvalue weighted by atomic mass is 32.1. The number of nitrogens with one attached hydrogen (secondary N) is 1. The molecular weight excluding hydrogens is 273 g/mol. The Kier molecular flexibility index (Phi) is 3.36. The van der Waals surface area contributed by atoms with E-state index in [9.17, 15) is 4.39 Å². The number of nitrogens with zero attached hydrogens (tertiary/aromatic N) is 2. The highest BCUT2D eigenvalue weighted by Crippen LogP contribution is 2.27. The maximum absolute atomic E-state index is 13.6. The van der Waals surface area contributed by atoms with Crippen LogP contribution in [0.4, 0.5) is 10.2 Å². The van der Waals surface area contributed by atoms with Crippen molar-refractivity contribution in [2.75, 3.05) is 5.32 Å². The van der Waals surface area contributed by atoms with Crippen molar-refractivity contribution in [2.24, 2.45) is 0 Å². The maximum atomic E-state index is 13.6. The fraction of sp³-hybridized carbons (Fsp3) is 0.200. The molecule has 0 saturated carbocycles. The molecule has 0 unspecified atom stereocenters. The molecule has 2 heterocycles. The van der Waals surface area contributed by atoms with Gasteiger partial charge in [0.15, 0.2) is 0 Å². The zero-order chi connectivity index (χ0) is 14.1. The van der Waals surface area contributed by atoms with Crippen molar-refractivity contribution in [1.29, 1.82) is 0 Å². The molecule has 2 aromatic heterocycles. The second kappa shape index (κ2) is 5.17. The van der Waals surface area contributed by atoms with E-state index in [2.05, 4.69) is 15.3 Å². The highest BCUT2D eigenvalue weighted by Gasteiger charge is 2.11. The molecule has 5 heteroatoms. The van der Waals surface area contributed by atoms with Crippen LogP contribution in [0.1, 0.15) is 24.1 Å². The van der Waals surface area contributed by atoms with Crippen LogP contribution in [0, 0.1) is 12.7 Å². The molecule has 0 bridgehead atoms. The monoisotopic (exact) mass is 287 g/mol. The number of benzene rings is 1. The number of hydrogen-bond donors (Lipinski definition) is 1. The van der Waals surface area contributed by atoms with Crippen LogP contribution < -0.4 is 5.32 Å². The number of anilines is 1. The first kappa shape index (κ1) is 13.0. The largest absolute Gasteiger partial charge is 0.363 e. The second-order valence-electron chi connectivity index (χ2n) is 4.74. The van der Waals surface area contributed by atoms with Gasteiger partial charge in [0, 0.05) is 0 Å². The molecule has 3 aromatic rings. The minimum Gasteiger partial charge on any atom is -0.363 e. The number of hydrogen-bond acceptors (Lipinski definition) is 4. The summed E-state index contributed by atoms with van der Waals surface area (Å²) in [7, 11) is 0. The topological polar surface area (TPSA) is 37.8 Å². The van der Waals surface area contributed by atoms with E-state index < -0.39 is 0 Å². The van der Waals surface area contributed by atoms with Crippen LogP contribution >= 0.6 is 11.3 Å². The Morgan fingerprint density at radius 1 is 1.25 bits per heavy atom. The van der Waals surface area contributed by atoms with Gasteiger partial charge < -0.3 is 5.32 Å². The Morgan fingerprint density at radius 2 is 2.10 bits per heavy atom. The minimum absolute atomic E-state index is 0.0249. The molecule has 0 aliphatic heterocycles. The number of thiophene rings is 1. The van der Waals surface area contributed by atoms with E-state index in [-0.39, 0.29) is 11.9 Å². The molecule has 1 N–H and O–H groups in total. The van der Waals surface area contributed by atoms with Gasteiger partial charge in [-0.2, -0.15) is 0 Å². The number of fused-ring (bicyclic) bond motifs is 1. The Labute approximate surface area is 120 Å². The van der Waals surface area contributed by atoms with Crippen LogP contribution in [0.3, 0.4) is 0 Å². The first-order chi connectivity index (χ1) is 9.65. The molecule has 102 valence electrons. The standard InChI is InChI=1S/C15H14FN3S/c1-9-3-4-11(7-13(9)16)10(2)19-14-12-5-6-20-15(12)18-8-17-14/h3-8,10H,1-2H3,(H,17,18,19)/t10-/m0/s1. The molecular formula is C15H14FN3S. The van der Waals surface area contributed by atoms with E-state index in [1.807, 2.05) is 24.4 Å². The van der Waals surface area contributed by atoms with Gasteiger partial charge in [-0.3, -0.25) is 0 Å². The fourth-order valence-corrected chi connectivity index (χ4v) is 2.80. The second-order valence-corrected chi connectivity index (χ2v) is 5.63. The minimum atomic E-state index is -0.181. The summed E-state index contributed by atoms with van der Waals surface area (Å²) in [5, 5.41) is 6.31. The number of rotatable bonds is 3. The average molecular weight is 287 g/mol. The van der Waals surface area contributed by atoms with Crippen molar-refractivity contribution < 1.29 is 4.39 Å². The van der Waals surface area contributed by atoms with Gasteiger partial charge >= 0.3 is 0 Å². The summed E-state index contributed by atoms with van der Waals surface area (Å²) >= 11 is 1.58. The third kappa shape index (κ3) is 2.36. The summed E-state index contributed by atoms with van der Waals surface area (Å²) < 4.78 is 13.6. The number of aromatic nitrogens is 2. The smallest absolute Gasteiger partial charge is 0.138 e. The predicted molar refractivity (Wildman–Crippen MR) is 80.6 cm³/mol. The molecule has 3 rings (SSSR count). The molecule has 0 radical (unpaired) electrons. The van der Waals surface area contributed by atoms with Crippen molar-refractivity contribution in [3.8, 4) is 0 Å². The quantitative estimate of drug-likeness (QED) is 0.780. The average Bonchev–Trinajstić information content (AvgIpc) is 2.91. The van der Waals surface area contributed by atoms with Crippen molar-refractivity contribution in [3.63, 3.8) is 0 Å². The molecule has 1 atom stereocenters. The van der Waals surface area contributed by atoms with Crippen LogP contribution in [0.2, 0.25) is 0 Å². The summed E-state index contributed by atoms with van der Waals surface area (Å²) in [5.74, 6) is 0.601. The van der Waals surface area contributed by atoms with Crippen LogP contribution in [0.5, 0.6) is 0 Å². The lowest BCUT2D eigenvalue weighted by molar-refractivity contribution is 0.614. The summed E-state index contributed by atoms with van der Waals surface area (Å²) in [6.07, 6.45) is 1.55. The van der Waals surface area contributed by atoms with Gasteiger partial charge in [0.1, 0.15) is 22.8 Å². The molecule has 0 aliphatic carbocycles. The summed E-state index contributed by atoms with van der Waals surface area (Å²) in [6.45, 7) is 3.75. The SMILES string of the molecule is Cc1ccc([C@H](C)Nc2ncnc3sccc23)cc1F. The molecule has 1 aromatic carbocycles. The van der Waals surface area contributed by atoms with Crippen molar-refractivity contribution in [3.05, 3.63) is 52.9 Å². The van der Waals surface area contributed by atoms with Gasteiger partial charge in [0.25, 0.3) is 0 Å². The first-order valence-electron chi connectivity index (χ1n) is 6.36. The van der Waals surface area contributed by atoms with E-state index >= 15 is 0 Å². The lowest BCUT2D eigenvalue weighted by Gasteiger charge is -2.16. The van der Waals surface area contributed by atoms with Gasteiger partial charge in [0.05, 0.1) is 11.4 Å². The molecule has 0 saturated heterocycles. The molecule has 20 heavy (non-hydrogen) atoms. The van der Waals surface area contributed by atoms with E-state index in [1.54, 1.807) is 36.7 Å². The predicted octanol–water partition coefficient (Wildman–Crippen LogP) is 4.31. The fourth-order valence-electron chi connectivity index (χ4n) is 2.07. The van der Waals surface area contributed by atoms with Crippen molar-refractivity contribution >= 4 is 27.4 Å². The van der Waals surface area contributed by atoms with E-state index in [0.29, 0.717) is 5.56 Å². The molecule has 0 fully saturated rings. The van der Waals surface area contributed by atoms with Gasteiger partial charge in [0.2, 0.25) is 0 Å². The summed E-state index contributed by atoms with van der Waals surface area (Å²) in [4.78, 5) is 9.44. The summed E-state index contributed by atoms with van der Waals surface area (Å²) in [6, 6.07) is 7.26. The highest BCUT2D eigenvalue weighted by molar-refractivity contribution is 7.16. The van der Waals surface area contributed by atoms with Crippen molar-refractivity contribution in [2.45, 2.75) is 19.9 Å². The molecule has 0 amide bonds. The van der Waals surface area contributed by atoms with Crippen LogP contribution in [0.15, 0.2) is 36.0 Å². The van der Waals surface area contributed by atoms with Gasteiger partial charge in [-0.15, -0.1) is 11.3 Å². The van der Waals surface area contributed by atoms with Gasteiger partial charge in [-0.05, 0) is 42.5 Å². The molecule has 0 spiro atoms.